The molecule has 4 heteroatoms. The molecule has 10 aromatic rings. The van der Waals surface area contributed by atoms with Crippen LogP contribution < -0.4 is 0 Å². The number of hydrogen-bond acceptors (Lipinski definition) is 4. The van der Waals surface area contributed by atoms with E-state index in [0.29, 0.717) is 11.4 Å². The molecule has 3 nitrogen and oxygen atoms in total. The second-order valence-corrected chi connectivity index (χ2v) is 14.8. The highest BCUT2D eigenvalue weighted by molar-refractivity contribution is 7.26. The first-order chi connectivity index (χ1) is 27.2. The fourth-order valence-electron chi connectivity index (χ4n) is 7.50. The van der Waals surface area contributed by atoms with Gasteiger partial charge in [-0.25, -0.2) is 9.97 Å². The van der Waals surface area contributed by atoms with Gasteiger partial charge in [0.25, 0.3) is 0 Å². The van der Waals surface area contributed by atoms with Crippen LogP contribution >= 0.6 is 11.3 Å². The number of hydrogen-bond donors (Lipinski definition) is 0. The summed E-state index contributed by atoms with van der Waals surface area (Å²) in [7, 11) is 0. The molecule has 0 saturated carbocycles. The zero-order valence-electron chi connectivity index (χ0n) is 29.6. The van der Waals surface area contributed by atoms with Gasteiger partial charge in [-0.1, -0.05) is 146 Å². The molecule has 0 bridgehead atoms. The van der Waals surface area contributed by atoms with Gasteiger partial charge in [0.05, 0.1) is 23.0 Å². The lowest BCUT2D eigenvalue weighted by Gasteiger charge is -2.11. The van der Waals surface area contributed by atoms with Crippen LogP contribution in [0.5, 0.6) is 0 Å². The van der Waals surface area contributed by atoms with Crippen LogP contribution in [0.2, 0.25) is 0 Å². The van der Waals surface area contributed by atoms with Gasteiger partial charge in [-0.3, -0.25) is 0 Å². The molecule has 10 rings (SSSR count). The Balaban J connectivity index is 1.00. The van der Waals surface area contributed by atoms with Gasteiger partial charge in [-0.2, -0.15) is 5.26 Å². The van der Waals surface area contributed by atoms with Crippen molar-refractivity contribution in [3.63, 3.8) is 0 Å². The Labute approximate surface area is 323 Å². The van der Waals surface area contributed by atoms with E-state index in [-0.39, 0.29) is 0 Å². The van der Waals surface area contributed by atoms with Crippen molar-refractivity contribution in [2.75, 3.05) is 0 Å². The van der Waals surface area contributed by atoms with E-state index >= 15 is 0 Å². The molecule has 0 aliphatic carbocycles. The molecule has 0 unspecified atom stereocenters. The van der Waals surface area contributed by atoms with Crippen LogP contribution in [-0.4, -0.2) is 9.97 Å². The van der Waals surface area contributed by atoms with Crippen molar-refractivity contribution >= 4 is 42.3 Å². The minimum atomic E-state index is 0.647. The average molecular weight is 718 g/mol. The molecule has 2 heterocycles. The Hall–Kier alpha value is -7.19. The highest BCUT2D eigenvalue weighted by atomic mass is 32.1. The molecule has 0 spiro atoms. The molecule has 0 amide bonds. The lowest BCUT2D eigenvalue weighted by atomic mass is 9.93. The zero-order valence-corrected chi connectivity index (χ0v) is 30.5. The van der Waals surface area contributed by atoms with E-state index in [2.05, 4.69) is 146 Å². The summed E-state index contributed by atoms with van der Waals surface area (Å²) in [5, 5.41) is 14.9. The van der Waals surface area contributed by atoms with E-state index < -0.39 is 0 Å². The number of thiophene rings is 1. The summed E-state index contributed by atoms with van der Waals surface area (Å²) in [5.41, 5.74) is 12.0. The van der Waals surface area contributed by atoms with Crippen LogP contribution in [0.3, 0.4) is 0 Å². The molecule has 0 aliphatic rings. The maximum Gasteiger partial charge on any atom is 0.160 e. The van der Waals surface area contributed by atoms with E-state index in [1.807, 2.05) is 59.9 Å². The Morgan fingerprint density at radius 2 is 0.982 bits per heavy atom. The van der Waals surface area contributed by atoms with Gasteiger partial charge >= 0.3 is 0 Å². The van der Waals surface area contributed by atoms with Gasteiger partial charge in [0.15, 0.2) is 5.82 Å². The lowest BCUT2D eigenvalue weighted by Crippen LogP contribution is -1.95. The van der Waals surface area contributed by atoms with Crippen LogP contribution in [0.15, 0.2) is 188 Å². The fraction of sp³-hybridized carbons (Fsp3) is 0. The maximum atomic E-state index is 10.1. The number of fused-ring (bicyclic) bond motifs is 4. The topological polar surface area (TPSA) is 49.6 Å². The van der Waals surface area contributed by atoms with Gasteiger partial charge in [0.2, 0.25) is 0 Å². The van der Waals surface area contributed by atoms with Gasteiger partial charge < -0.3 is 0 Å². The number of nitriles is 1. The molecule has 8 aromatic carbocycles. The minimum Gasteiger partial charge on any atom is -0.228 e. The van der Waals surface area contributed by atoms with Gasteiger partial charge in [0.1, 0.15) is 0 Å². The molecule has 2 aromatic heterocycles. The predicted molar refractivity (Wildman–Crippen MR) is 230 cm³/mol. The quantitative estimate of drug-likeness (QED) is 0.172. The monoisotopic (exact) mass is 717 g/mol. The third kappa shape index (κ3) is 6.13. The Morgan fingerprint density at radius 3 is 1.67 bits per heavy atom. The van der Waals surface area contributed by atoms with Crippen molar-refractivity contribution in [3.05, 3.63) is 194 Å². The van der Waals surface area contributed by atoms with Crippen molar-refractivity contribution in [1.82, 2.24) is 9.97 Å². The molecule has 0 atom stereocenters. The fourth-order valence-corrected chi connectivity index (χ4v) is 8.73. The molecule has 0 saturated heterocycles. The third-order valence-electron chi connectivity index (χ3n) is 10.3. The molecule has 55 heavy (non-hydrogen) atoms. The first kappa shape index (κ1) is 32.5. The summed E-state index contributed by atoms with van der Waals surface area (Å²) in [4.78, 5) is 10.0. The van der Waals surface area contributed by atoms with E-state index in [0.717, 1.165) is 72.2 Å². The molecule has 0 N–H and O–H groups in total. The summed E-state index contributed by atoms with van der Waals surface area (Å²) in [6.07, 6.45) is 0. The maximum absolute atomic E-state index is 10.1. The molecule has 256 valence electrons. The molecule has 0 radical (unpaired) electrons. The summed E-state index contributed by atoms with van der Waals surface area (Å²) >= 11 is 1.81. The van der Waals surface area contributed by atoms with Crippen molar-refractivity contribution < 1.29 is 0 Å². The van der Waals surface area contributed by atoms with E-state index in [4.69, 9.17) is 9.97 Å². The van der Waals surface area contributed by atoms with E-state index in [1.54, 1.807) is 0 Å². The number of aromatic nitrogens is 2. The number of nitrogens with zero attached hydrogens (tertiary/aromatic N) is 3. The minimum absolute atomic E-state index is 0.647. The normalized spacial score (nSPS) is 11.3. The highest BCUT2D eigenvalue weighted by Gasteiger charge is 2.14. The molecule has 0 aliphatic heterocycles. The van der Waals surface area contributed by atoms with Crippen LogP contribution in [0, 0.1) is 11.3 Å². The standard InChI is InChI=1S/C51H31N3S/c52-32-33-26-41(30-43(27-33)44-15-9-16-46-45-14-7-8-17-49(45)55-50(44)46)40-25-21-35-20-24-39(28-42(35)29-40)34-18-22-38(23-19-34)51-53-47(36-10-3-1-4-11-36)31-48(54-51)37-12-5-2-6-13-37/h1-31H. The Morgan fingerprint density at radius 1 is 0.400 bits per heavy atom. The zero-order chi connectivity index (χ0) is 36.7. The van der Waals surface area contributed by atoms with Crippen molar-refractivity contribution in [2.24, 2.45) is 0 Å². The first-order valence-electron chi connectivity index (χ1n) is 18.3. The second-order valence-electron chi connectivity index (χ2n) is 13.7. The van der Waals surface area contributed by atoms with Gasteiger partial charge in [-0.15, -0.1) is 11.3 Å². The van der Waals surface area contributed by atoms with Crippen LogP contribution in [-0.2, 0) is 0 Å². The van der Waals surface area contributed by atoms with E-state index in [1.165, 1.54) is 20.2 Å². The van der Waals surface area contributed by atoms with Gasteiger partial charge in [0, 0.05) is 36.9 Å². The molecule has 0 fully saturated rings. The van der Waals surface area contributed by atoms with Gasteiger partial charge in [-0.05, 0) is 86.6 Å². The molecular weight excluding hydrogens is 687 g/mol. The average Bonchev–Trinajstić information content (AvgIpc) is 3.65. The number of rotatable bonds is 6. The summed E-state index contributed by atoms with van der Waals surface area (Å²) in [6.45, 7) is 0. The Bertz CT molecular complexity index is 3030. The smallest absolute Gasteiger partial charge is 0.160 e. The van der Waals surface area contributed by atoms with Crippen LogP contribution in [0.1, 0.15) is 5.56 Å². The lowest BCUT2D eigenvalue weighted by molar-refractivity contribution is 1.18. The first-order valence-corrected chi connectivity index (χ1v) is 19.1. The van der Waals surface area contributed by atoms with Crippen LogP contribution in [0.4, 0.5) is 0 Å². The van der Waals surface area contributed by atoms with Crippen molar-refractivity contribution in [1.29, 1.82) is 5.26 Å². The van der Waals surface area contributed by atoms with Crippen molar-refractivity contribution in [2.45, 2.75) is 0 Å². The summed E-state index contributed by atoms with van der Waals surface area (Å²) < 4.78 is 2.51. The second kappa shape index (κ2) is 13.7. The highest BCUT2D eigenvalue weighted by Crippen LogP contribution is 2.41. The van der Waals surface area contributed by atoms with Crippen LogP contribution in [0.25, 0.3) is 98.2 Å². The SMILES string of the molecule is N#Cc1cc(-c2ccc3ccc(-c4ccc(-c5nc(-c6ccccc6)cc(-c6ccccc6)n5)cc4)cc3c2)cc(-c2cccc3c2sc2ccccc23)c1. The largest absolute Gasteiger partial charge is 0.228 e. The predicted octanol–water partition coefficient (Wildman–Crippen LogP) is 13.9. The summed E-state index contributed by atoms with van der Waals surface area (Å²) in [6, 6.07) is 68.0. The molecular formula is C51H31N3S. The van der Waals surface area contributed by atoms with E-state index in [9.17, 15) is 5.26 Å². The van der Waals surface area contributed by atoms with Crippen molar-refractivity contribution in [3.8, 4) is 73.4 Å². The third-order valence-corrected chi connectivity index (χ3v) is 11.5. The Kier molecular flexibility index (Phi) is 8.06. The number of benzene rings is 8. The summed E-state index contributed by atoms with van der Waals surface area (Å²) in [5.74, 6) is 0.692.